The first-order valence-corrected chi connectivity index (χ1v) is 14.0. The van der Waals surface area contributed by atoms with Crippen molar-refractivity contribution in [2.75, 3.05) is 79.7 Å². The molecule has 0 saturated carbocycles. The Morgan fingerprint density at radius 2 is 1.57 bits per heavy atom. The number of piperazine rings is 1. The number of pyridine rings is 1. The molecule has 0 aliphatic carbocycles. The highest BCUT2D eigenvalue weighted by Crippen LogP contribution is 2.32. The van der Waals surface area contributed by atoms with Gasteiger partial charge in [-0.25, -0.2) is 4.98 Å². The van der Waals surface area contributed by atoms with Gasteiger partial charge in [-0.1, -0.05) is 30.3 Å². The van der Waals surface area contributed by atoms with Crippen LogP contribution >= 0.6 is 0 Å². The number of fused-ring (bicyclic) bond motifs is 2. The van der Waals surface area contributed by atoms with E-state index in [4.69, 9.17) is 14.2 Å². The van der Waals surface area contributed by atoms with Crippen LogP contribution in [0.1, 0.15) is 15.9 Å². The normalized spacial score (nSPS) is 17.9. The van der Waals surface area contributed by atoms with Crippen LogP contribution in [0.4, 0.5) is 0 Å². The first-order valence-electron chi connectivity index (χ1n) is 14.0. The van der Waals surface area contributed by atoms with E-state index in [-0.39, 0.29) is 11.8 Å². The van der Waals surface area contributed by atoms with Crippen molar-refractivity contribution in [1.29, 1.82) is 0 Å². The Labute approximate surface area is 236 Å². The summed E-state index contributed by atoms with van der Waals surface area (Å²) in [5.74, 6) is 2.20. The Hall–Kier alpha value is -3.66. The molecule has 0 atom stereocenters. The summed E-state index contributed by atoms with van der Waals surface area (Å²) < 4.78 is 18.5. The molecule has 0 radical (unpaired) electrons. The topological polar surface area (TPSA) is 70.6 Å². The Kier molecular flexibility index (Phi) is 9.49. The molecule has 0 spiro atoms. The minimum absolute atomic E-state index is 0.131. The van der Waals surface area contributed by atoms with Gasteiger partial charge in [0.15, 0.2) is 11.5 Å². The molecule has 2 aliphatic heterocycles. The Bertz CT molecular complexity index is 1260. The number of amides is 1. The maximum absolute atomic E-state index is 13.4. The smallest absolute Gasteiger partial charge is 0.259 e. The SMILES string of the molecule is CN1CCN(CCOc2ccccc2CN2CCOc3ccccc3Oc3ncccc3C(=O)N(C)CC2)CC1. The van der Waals surface area contributed by atoms with Crippen molar-refractivity contribution >= 4 is 5.91 Å². The van der Waals surface area contributed by atoms with Gasteiger partial charge < -0.3 is 24.0 Å². The number of benzene rings is 2. The molecule has 9 heteroatoms. The fourth-order valence-corrected chi connectivity index (χ4v) is 4.92. The number of rotatable bonds is 6. The number of para-hydroxylation sites is 3. The second-order valence-corrected chi connectivity index (χ2v) is 10.4. The third-order valence-corrected chi connectivity index (χ3v) is 7.45. The maximum atomic E-state index is 13.4. The zero-order valence-electron chi connectivity index (χ0n) is 23.5. The molecule has 9 nitrogen and oxygen atoms in total. The number of hydrogen-bond acceptors (Lipinski definition) is 8. The minimum atomic E-state index is -0.131. The van der Waals surface area contributed by atoms with E-state index >= 15 is 0 Å². The van der Waals surface area contributed by atoms with E-state index in [9.17, 15) is 4.79 Å². The lowest BCUT2D eigenvalue weighted by Gasteiger charge is -2.32. The summed E-state index contributed by atoms with van der Waals surface area (Å²) in [7, 11) is 3.99. The van der Waals surface area contributed by atoms with Gasteiger partial charge in [-0.2, -0.15) is 0 Å². The molecule has 0 N–H and O–H groups in total. The van der Waals surface area contributed by atoms with Crippen molar-refractivity contribution in [3.63, 3.8) is 0 Å². The monoisotopic (exact) mass is 545 g/mol. The van der Waals surface area contributed by atoms with Crippen molar-refractivity contribution in [2.45, 2.75) is 6.54 Å². The van der Waals surface area contributed by atoms with Crippen LogP contribution in [0.5, 0.6) is 23.1 Å². The van der Waals surface area contributed by atoms with Crippen molar-refractivity contribution in [1.82, 2.24) is 24.6 Å². The predicted octanol–water partition coefficient (Wildman–Crippen LogP) is 3.47. The lowest BCUT2D eigenvalue weighted by atomic mass is 10.2. The molecule has 2 aliphatic rings. The van der Waals surface area contributed by atoms with E-state index in [0.29, 0.717) is 56.5 Å². The predicted molar refractivity (Wildman–Crippen MR) is 154 cm³/mol. The fourth-order valence-electron chi connectivity index (χ4n) is 4.92. The van der Waals surface area contributed by atoms with Crippen molar-refractivity contribution < 1.29 is 19.0 Å². The van der Waals surface area contributed by atoms with Crippen LogP contribution < -0.4 is 14.2 Å². The summed E-state index contributed by atoms with van der Waals surface area (Å²) in [6, 6.07) is 19.2. The highest BCUT2D eigenvalue weighted by Gasteiger charge is 2.21. The van der Waals surface area contributed by atoms with Gasteiger partial charge in [0.25, 0.3) is 5.91 Å². The number of likely N-dealkylation sites (N-methyl/N-ethyl adjacent to an activating group) is 2. The first-order chi connectivity index (χ1) is 19.6. The van der Waals surface area contributed by atoms with E-state index in [1.165, 1.54) is 0 Å². The van der Waals surface area contributed by atoms with E-state index in [2.05, 4.69) is 32.8 Å². The molecular weight excluding hydrogens is 506 g/mol. The van der Waals surface area contributed by atoms with Gasteiger partial charge in [0.1, 0.15) is 24.5 Å². The molecule has 0 bridgehead atoms. The van der Waals surface area contributed by atoms with Gasteiger partial charge in [-0.05, 0) is 37.4 Å². The molecular formula is C31H39N5O4. The third kappa shape index (κ3) is 7.29. The van der Waals surface area contributed by atoms with E-state index in [1.807, 2.05) is 49.5 Å². The Morgan fingerprint density at radius 1 is 0.825 bits per heavy atom. The zero-order chi connectivity index (χ0) is 27.7. The molecule has 1 saturated heterocycles. The quantitative estimate of drug-likeness (QED) is 0.467. The van der Waals surface area contributed by atoms with Gasteiger partial charge in [-0.3, -0.25) is 14.6 Å². The van der Waals surface area contributed by atoms with Crippen molar-refractivity contribution in [3.8, 4) is 23.1 Å². The summed E-state index contributed by atoms with van der Waals surface area (Å²) in [5, 5.41) is 0. The standard InChI is InChI=1S/C31H39N5O4/c1-33-14-17-35(18-15-33)20-22-38-27-10-4-3-8-25(27)24-36-19-16-34(2)31(37)26-9-7-13-32-30(26)40-29-12-6-5-11-28(29)39-23-21-36/h3-13H,14-24H2,1-2H3. The first kappa shape index (κ1) is 27.9. The number of carbonyl (C=O) groups excluding carboxylic acids is 1. The zero-order valence-corrected chi connectivity index (χ0v) is 23.5. The summed E-state index contributed by atoms with van der Waals surface area (Å²) in [6.45, 7) is 9.00. The second-order valence-electron chi connectivity index (χ2n) is 10.4. The number of aromatic nitrogens is 1. The van der Waals surface area contributed by atoms with Gasteiger partial charge in [0.2, 0.25) is 5.88 Å². The number of carbonyl (C=O) groups is 1. The molecule has 40 heavy (non-hydrogen) atoms. The van der Waals surface area contributed by atoms with Crippen LogP contribution in [0, 0.1) is 0 Å². The van der Waals surface area contributed by atoms with Crippen LogP contribution in [0.2, 0.25) is 0 Å². The molecule has 0 unspecified atom stereocenters. The minimum Gasteiger partial charge on any atom is -0.492 e. The average molecular weight is 546 g/mol. The second kappa shape index (κ2) is 13.6. The van der Waals surface area contributed by atoms with Gasteiger partial charge in [0, 0.05) is 77.7 Å². The summed E-state index contributed by atoms with van der Waals surface area (Å²) in [4.78, 5) is 26.6. The average Bonchev–Trinajstić information content (AvgIpc) is 2.98. The molecule has 1 fully saturated rings. The molecule has 5 rings (SSSR count). The molecule has 3 aromatic rings. The Balaban J connectivity index is 1.29. The Morgan fingerprint density at radius 3 is 2.42 bits per heavy atom. The third-order valence-electron chi connectivity index (χ3n) is 7.45. The van der Waals surface area contributed by atoms with Gasteiger partial charge in [0.05, 0.1) is 0 Å². The highest BCUT2D eigenvalue weighted by atomic mass is 16.5. The fraction of sp³-hybridized carbons (Fsp3) is 0.419. The van der Waals surface area contributed by atoms with E-state index in [1.54, 1.807) is 23.2 Å². The largest absolute Gasteiger partial charge is 0.492 e. The number of nitrogens with zero attached hydrogens (tertiary/aromatic N) is 5. The number of ether oxygens (including phenoxy) is 3. The van der Waals surface area contributed by atoms with Crippen molar-refractivity contribution in [2.24, 2.45) is 0 Å². The summed E-state index contributed by atoms with van der Waals surface area (Å²) in [6.07, 6.45) is 1.63. The lowest BCUT2D eigenvalue weighted by Crippen LogP contribution is -2.45. The number of hydrogen-bond donors (Lipinski definition) is 0. The maximum Gasteiger partial charge on any atom is 0.259 e. The van der Waals surface area contributed by atoms with Crippen LogP contribution in [0.15, 0.2) is 66.9 Å². The summed E-state index contributed by atoms with van der Waals surface area (Å²) >= 11 is 0. The van der Waals surface area contributed by atoms with Gasteiger partial charge in [-0.15, -0.1) is 0 Å². The molecule has 1 aromatic heterocycles. The highest BCUT2D eigenvalue weighted by molar-refractivity contribution is 5.96. The van der Waals surface area contributed by atoms with Crippen molar-refractivity contribution in [3.05, 3.63) is 78.0 Å². The molecule has 2 aromatic carbocycles. The lowest BCUT2D eigenvalue weighted by molar-refractivity contribution is 0.0770. The van der Waals surface area contributed by atoms with Crippen LogP contribution in [-0.4, -0.2) is 110 Å². The molecule has 1 amide bonds. The van der Waals surface area contributed by atoms with Crippen LogP contribution in [0.25, 0.3) is 0 Å². The van der Waals surface area contributed by atoms with Crippen LogP contribution in [-0.2, 0) is 6.54 Å². The summed E-state index contributed by atoms with van der Waals surface area (Å²) in [5.41, 5.74) is 1.54. The van der Waals surface area contributed by atoms with Gasteiger partial charge >= 0.3 is 0 Å². The molecule has 3 heterocycles. The van der Waals surface area contributed by atoms with Crippen LogP contribution in [0.3, 0.4) is 0 Å². The van der Waals surface area contributed by atoms with E-state index < -0.39 is 0 Å². The van der Waals surface area contributed by atoms with E-state index in [0.717, 1.165) is 44.0 Å². The molecule has 212 valence electrons.